The molecule has 0 fully saturated rings. The second-order valence-electron chi connectivity index (χ2n) is 7.47. The van der Waals surface area contributed by atoms with Crippen LogP contribution < -0.4 is 10.5 Å². The van der Waals surface area contributed by atoms with Crippen molar-refractivity contribution in [3.63, 3.8) is 0 Å². The molecule has 0 aliphatic carbocycles. The molecule has 7 heteroatoms. The highest BCUT2D eigenvalue weighted by molar-refractivity contribution is 6.73. The van der Waals surface area contributed by atoms with Crippen LogP contribution in [0.3, 0.4) is 0 Å². The molecule has 2 rings (SSSR count). The van der Waals surface area contributed by atoms with Gasteiger partial charge in [-0.3, -0.25) is 4.79 Å². The molecule has 0 aromatic heterocycles. The molecule has 0 heterocycles. The molecule has 0 aliphatic heterocycles. The van der Waals surface area contributed by atoms with E-state index in [-0.39, 0.29) is 5.56 Å². The predicted molar refractivity (Wildman–Crippen MR) is 123 cm³/mol. The number of halogens is 2. The van der Waals surface area contributed by atoms with Crippen LogP contribution in [0.5, 0.6) is 5.75 Å². The molecule has 1 amide bonds. The lowest BCUT2D eigenvalue weighted by molar-refractivity contribution is -0.0627. The van der Waals surface area contributed by atoms with Crippen molar-refractivity contribution in [3.05, 3.63) is 71.3 Å². The molecule has 2 aromatic carbocycles. The van der Waals surface area contributed by atoms with Gasteiger partial charge in [-0.25, -0.2) is 0 Å². The van der Waals surface area contributed by atoms with E-state index in [1.807, 2.05) is 20.8 Å². The summed E-state index contributed by atoms with van der Waals surface area (Å²) >= 11 is 0. The molecule has 0 saturated heterocycles. The van der Waals surface area contributed by atoms with Gasteiger partial charge < -0.3 is 14.9 Å². The van der Waals surface area contributed by atoms with Crippen LogP contribution in [-0.2, 0) is 4.43 Å². The third-order valence-corrected chi connectivity index (χ3v) is 10.4. The minimum absolute atomic E-state index is 0.191. The summed E-state index contributed by atoms with van der Waals surface area (Å²) in [5, 5.41) is 0. The first-order chi connectivity index (χ1) is 14.7. The smallest absolute Gasteiger partial charge is 0.295 e. The molecular weight excluding hydrogens is 416 g/mol. The van der Waals surface area contributed by atoms with E-state index in [4.69, 9.17) is 14.9 Å². The van der Waals surface area contributed by atoms with Crippen molar-refractivity contribution in [2.45, 2.75) is 50.9 Å². The summed E-state index contributed by atoms with van der Waals surface area (Å²) in [5.74, 6) is -3.39. The van der Waals surface area contributed by atoms with Crippen molar-refractivity contribution < 1.29 is 22.7 Å². The Morgan fingerprint density at radius 2 is 1.65 bits per heavy atom. The van der Waals surface area contributed by atoms with E-state index in [2.05, 4.69) is 0 Å². The maximum atomic E-state index is 15.6. The van der Waals surface area contributed by atoms with Crippen LogP contribution in [0.25, 0.3) is 6.08 Å². The SMILES string of the molecule is CC[Si](CC)(CC)OC(c1ccc(OC)cc1)C(F)(F)/C=C/c1ccccc1C(N)=O. The lowest BCUT2D eigenvalue weighted by atomic mass is 10.0. The first-order valence-electron chi connectivity index (χ1n) is 10.5. The Kier molecular flexibility index (Phi) is 8.53. The van der Waals surface area contributed by atoms with Crippen LogP contribution in [0.15, 0.2) is 54.6 Å². The number of carbonyl (C=O) groups is 1. The van der Waals surface area contributed by atoms with Gasteiger partial charge in [-0.15, -0.1) is 0 Å². The van der Waals surface area contributed by atoms with Gasteiger partial charge in [0, 0.05) is 5.56 Å². The average molecular weight is 448 g/mol. The van der Waals surface area contributed by atoms with Crippen molar-refractivity contribution in [3.8, 4) is 5.75 Å². The number of hydrogen-bond donors (Lipinski definition) is 1. The summed E-state index contributed by atoms with van der Waals surface area (Å²) in [6, 6.07) is 15.2. The standard InChI is InChI=1S/C24H31F2NO3Si/c1-5-31(6-2,7-3)30-22(19-12-14-20(29-4)15-13-19)24(25,26)17-16-18-10-8-9-11-21(18)23(27)28/h8-17,22H,5-7H2,1-4H3,(H2,27,28)/b17-16+. The largest absolute Gasteiger partial charge is 0.497 e. The Morgan fingerprint density at radius 1 is 1.06 bits per heavy atom. The highest BCUT2D eigenvalue weighted by atomic mass is 28.4. The van der Waals surface area contributed by atoms with Crippen LogP contribution in [0.4, 0.5) is 8.78 Å². The number of ether oxygens (including phenoxy) is 1. The minimum Gasteiger partial charge on any atom is -0.497 e. The third kappa shape index (κ3) is 6.01. The van der Waals surface area contributed by atoms with Crippen molar-refractivity contribution in [2.24, 2.45) is 5.73 Å². The maximum Gasteiger partial charge on any atom is 0.295 e. The minimum atomic E-state index is -3.31. The Morgan fingerprint density at radius 3 is 2.16 bits per heavy atom. The molecule has 1 unspecified atom stereocenters. The molecule has 2 aromatic rings. The van der Waals surface area contributed by atoms with Crippen LogP contribution in [0.1, 0.15) is 48.4 Å². The summed E-state index contributed by atoms with van der Waals surface area (Å²) < 4.78 is 42.6. The summed E-state index contributed by atoms with van der Waals surface area (Å²) in [6.45, 7) is 6.00. The Bertz CT molecular complexity index is 888. The van der Waals surface area contributed by atoms with Gasteiger partial charge in [0.1, 0.15) is 11.9 Å². The summed E-state index contributed by atoms with van der Waals surface area (Å²) in [7, 11) is -0.824. The maximum absolute atomic E-state index is 15.6. The number of hydrogen-bond acceptors (Lipinski definition) is 3. The van der Waals surface area contributed by atoms with Gasteiger partial charge in [-0.1, -0.05) is 57.2 Å². The van der Waals surface area contributed by atoms with Crippen LogP contribution in [-0.4, -0.2) is 27.3 Å². The van der Waals surface area contributed by atoms with Gasteiger partial charge >= 0.3 is 0 Å². The zero-order chi connectivity index (χ0) is 23.1. The molecular formula is C24H31F2NO3Si. The van der Waals surface area contributed by atoms with Gasteiger partial charge in [-0.05, 0) is 53.5 Å². The summed E-state index contributed by atoms with van der Waals surface area (Å²) in [6.07, 6.45) is 0.610. The van der Waals surface area contributed by atoms with E-state index >= 15 is 8.78 Å². The van der Waals surface area contributed by atoms with E-state index < -0.39 is 26.3 Å². The fourth-order valence-corrected chi connectivity index (χ4v) is 6.35. The fraction of sp³-hybridized carbons (Fsp3) is 0.375. The molecule has 0 saturated carbocycles. The highest BCUT2D eigenvalue weighted by Gasteiger charge is 2.44. The number of rotatable bonds is 11. The average Bonchev–Trinajstić information content (AvgIpc) is 2.79. The second kappa shape index (κ2) is 10.7. The lowest BCUT2D eigenvalue weighted by Crippen LogP contribution is -2.41. The van der Waals surface area contributed by atoms with Gasteiger partial charge in [-0.2, -0.15) is 8.78 Å². The van der Waals surface area contributed by atoms with Gasteiger partial charge in [0.05, 0.1) is 7.11 Å². The molecule has 0 spiro atoms. The van der Waals surface area contributed by atoms with E-state index in [1.165, 1.54) is 19.3 Å². The molecule has 168 valence electrons. The number of amides is 1. The predicted octanol–water partition coefficient (Wildman–Crippen LogP) is 6.21. The van der Waals surface area contributed by atoms with Crippen molar-refractivity contribution in [2.75, 3.05) is 7.11 Å². The fourth-order valence-electron chi connectivity index (χ4n) is 3.55. The van der Waals surface area contributed by atoms with Gasteiger partial charge in [0.2, 0.25) is 5.91 Å². The summed E-state index contributed by atoms with van der Waals surface area (Å²) in [4.78, 5) is 11.6. The van der Waals surface area contributed by atoms with Gasteiger partial charge in [0.25, 0.3) is 5.92 Å². The molecule has 31 heavy (non-hydrogen) atoms. The number of primary amides is 1. The van der Waals surface area contributed by atoms with Crippen LogP contribution >= 0.6 is 0 Å². The Hall–Kier alpha value is -2.51. The first kappa shape index (κ1) is 24.8. The van der Waals surface area contributed by atoms with E-state index in [0.717, 1.165) is 24.2 Å². The molecule has 0 aliphatic rings. The quantitative estimate of drug-likeness (QED) is 0.417. The number of benzene rings is 2. The van der Waals surface area contributed by atoms with Crippen molar-refractivity contribution in [1.29, 1.82) is 0 Å². The number of methoxy groups -OCH3 is 1. The topological polar surface area (TPSA) is 61.6 Å². The number of nitrogens with two attached hydrogens (primary N) is 1. The first-order valence-corrected chi connectivity index (χ1v) is 13.0. The van der Waals surface area contributed by atoms with Gasteiger partial charge in [0.15, 0.2) is 8.32 Å². The van der Waals surface area contributed by atoms with E-state index in [0.29, 0.717) is 16.9 Å². The normalized spacial score (nSPS) is 13.4. The monoisotopic (exact) mass is 447 g/mol. The molecule has 0 bridgehead atoms. The number of alkyl halides is 2. The van der Waals surface area contributed by atoms with E-state index in [1.54, 1.807) is 42.5 Å². The Balaban J connectivity index is 2.49. The van der Waals surface area contributed by atoms with E-state index in [9.17, 15) is 4.79 Å². The zero-order valence-corrected chi connectivity index (χ0v) is 19.5. The summed E-state index contributed by atoms with van der Waals surface area (Å²) in [5.41, 5.74) is 6.29. The second-order valence-corrected chi connectivity index (χ2v) is 12.2. The van der Waals surface area contributed by atoms with Crippen molar-refractivity contribution in [1.82, 2.24) is 0 Å². The Labute approximate surface area is 184 Å². The number of carbonyl (C=O) groups excluding carboxylic acids is 1. The molecule has 0 radical (unpaired) electrons. The van der Waals surface area contributed by atoms with Crippen LogP contribution in [0, 0.1) is 0 Å². The molecule has 2 N–H and O–H groups in total. The lowest BCUT2D eigenvalue weighted by Gasteiger charge is -2.36. The van der Waals surface area contributed by atoms with Crippen LogP contribution in [0.2, 0.25) is 18.1 Å². The third-order valence-electron chi connectivity index (χ3n) is 5.78. The van der Waals surface area contributed by atoms with Crippen molar-refractivity contribution >= 4 is 20.3 Å². The molecule has 4 nitrogen and oxygen atoms in total. The molecule has 1 atom stereocenters. The zero-order valence-electron chi connectivity index (χ0n) is 18.5. The highest BCUT2D eigenvalue weighted by Crippen LogP contribution is 2.41.